The maximum atomic E-state index is 10.6. The number of aromatic hydroxyl groups is 1. The van der Waals surface area contributed by atoms with E-state index in [1.165, 1.54) is 18.2 Å². The fraction of sp³-hybridized carbons (Fsp3) is 0. The number of benzene rings is 1. The van der Waals surface area contributed by atoms with Gasteiger partial charge in [0.05, 0.1) is 10.6 Å². The highest BCUT2D eigenvalue weighted by atomic mass is 35.5. The third-order valence-electron chi connectivity index (χ3n) is 1.19. The van der Waals surface area contributed by atoms with Crippen LogP contribution in [0.5, 0.6) is 5.75 Å². The van der Waals surface area contributed by atoms with Gasteiger partial charge >= 0.3 is 0 Å². The van der Waals surface area contributed by atoms with Crippen molar-refractivity contribution < 1.29 is 9.90 Å². The number of hydrogen-bond donors (Lipinski definition) is 1. The Labute approximate surface area is 73.4 Å². The second-order valence-corrected chi connectivity index (χ2v) is 2.66. The predicted molar refractivity (Wildman–Crippen MR) is 43.3 cm³/mol. The summed E-state index contributed by atoms with van der Waals surface area (Å²) in [6.07, 6.45) is 0. The first kappa shape index (κ1) is 8.37. The summed E-state index contributed by atoms with van der Waals surface area (Å²) >= 11 is 10.7. The second-order valence-electron chi connectivity index (χ2n) is 1.91. The summed E-state index contributed by atoms with van der Waals surface area (Å²) in [4.78, 5) is 10.6. The number of phenols is 1. The van der Waals surface area contributed by atoms with E-state index in [1.54, 1.807) is 0 Å². The summed E-state index contributed by atoms with van der Waals surface area (Å²) in [5.41, 5.74) is -0.0455. The van der Waals surface area contributed by atoms with Crippen LogP contribution in [0, 0.1) is 0 Å². The van der Waals surface area contributed by atoms with E-state index >= 15 is 0 Å². The SMILES string of the molecule is O=C(Cl)c1c(O)cccc1Cl. The maximum Gasteiger partial charge on any atom is 0.257 e. The third kappa shape index (κ3) is 1.64. The Balaban J connectivity index is 3.32. The molecule has 0 fully saturated rings. The largest absolute Gasteiger partial charge is 0.507 e. The van der Waals surface area contributed by atoms with Crippen LogP contribution in [0.15, 0.2) is 18.2 Å². The number of hydrogen-bond acceptors (Lipinski definition) is 2. The molecule has 0 aromatic heterocycles. The minimum Gasteiger partial charge on any atom is -0.507 e. The van der Waals surface area contributed by atoms with E-state index in [9.17, 15) is 4.79 Å². The molecule has 2 nitrogen and oxygen atoms in total. The van der Waals surface area contributed by atoms with E-state index in [-0.39, 0.29) is 16.3 Å². The zero-order valence-electron chi connectivity index (χ0n) is 5.34. The molecule has 1 aromatic carbocycles. The summed E-state index contributed by atoms with van der Waals surface area (Å²) in [7, 11) is 0. The van der Waals surface area contributed by atoms with Crippen LogP contribution in [0.25, 0.3) is 0 Å². The number of carbonyl (C=O) groups excluding carboxylic acids is 1. The lowest BCUT2D eigenvalue weighted by Gasteiger charge is -1.99. The number of halogens is 2. The van der Waals surface area contributed by atoms with Crippen molar-refractivity contribution in [1.82, 2.24) is 0 Å². The van der Waals surface area contributed by atoms with E-state index in [2.05, 4.69) is 0 Å². The van der Waals surface area contributed by atoms with E-state index in [0.717, 1.165) is 0 Å². The Bertz CT molecular complexity index is 276. The summed E-state index contributed by atoms with van der Waals surface area (Å²) in [5.74, 6) is -0.197. The van der Waals surface area contributed by atoms with Crippen LogP contribution < -0.4 is 0 Å². The molecule has 0 saturated heterocycles. The van der Waals surface area contributed by atoms with Crippen LogP contribution >= 0.6 is 23.2 Å². The standard InChI is InChI=1S/C7H4Cl2O2/c8-4-2-1-3-5(10)6(4)7(9)11/h1-3,10H. The topological polar surface area (TPSA) is 37.3 Å². The Morgan fingerprint density at radius 1 is 1.45 bits per heavy atom. The van der Waals surface area contributed by atoms with E-state index in [1.807, 2.05) is 0 Å². The van der Waals surface area contributed by atoms with Crippen LogP contribution in [0.2, 0.25) is 5.02 Å². The lowest BCUT2D eigenvalue weighted by Crippen LogP contribution is -1.90. The van der Waals surface area contributed by atoms with Crippen LogP contribution in [0.4, 0.5) is 0 Å². The molecule has 4 heteroatoms. The molecule has 0 spiro atoms. The number of carbonyl (C=O) groups is 1. The highest BCUT2D eigenvalue weighted by Crippen LogP contribution is 2.26. The van der Waals surface area contributed by atoms with Gasteiger partial charge in [0.15, 0.2) is 0 Å². The van der Waals surface area contributed by atoms with E-state index < -0.39 is 5.24 Å². The molecule has 0 aliphatic carbocycles. The lowest BCUT2D eigenvalue weighted by atomic mass is 10.2. The molecule has 0 heterocycles. The van der Waals surface area contributed by atoms with Crippen molar-refractivity contribution in [2.24, 2.45) is 0 Å². The molecule has 58 valence electrons. The molecule has 0 aliphatic rings. The number of rotatable bonds is 1. The van der Waals surface area contributed by atoms with Crippen molar-refractivity contribution in [3.63, 3.8) is 0 Å². The van der Waals surface area contributed by atoms with Crippen molar-refractivity contribution in [3.05, 3.63) is 28.8 Å². The molecular formula is C7H4Cl2O2. The van der Waals surface area contributed by atoms with Crippen molar-refractivity contribution in [2.75, 3.05) is 0 Å². The Morgan fingerprint density at radius 2 is 2.09 bits per heavy atom. The molecule has 1 aromatic rings. The minimum absolute atomic E-state index is 0.0455. The van der Waals surface area contributed by atoms with Crippen LogP contribution in [-0.4, -0.2) is 10.3 Å². The van der Waals surface area contributed by atoms with Crippen molar-refractivity contribution >= 4 is 28.4 Å². The van der Waals surface area contributed by atoms with Crippen molar-refractivity contribution in [2.45, 2.75) is 0 Å². The fourth-order valence-corrected chi connectivity index (χ4v) is 1.21. The van der Waals surface area contributed by atoms with Gasteiger partial charge in [-0.15, -0.1) is 0 Å². The molecule has 1 rings (SSSR count). The van der Waals surface area contributed by atoms with E-state index in [0.29, 0.717) is 0 Å². The monoisotopic (exact) mass is 190 g/mol. The Hall–Kier alpha value is -0.730. The minimum atomic E-state index is -0.756. The summed E-state index contributed by atoms with van der Waals surface area (Å²) in [6.45, 7) is 0. The van der Waals surface area contributed by atoms with Gasteiger partial charge in [0.25, 0.3) is 5.24 Å². The molecule has 0 atom stereocenters. The average Bonchev–Trinajstić information content (AvgIpc) is 1.85. The average molecular weight is 191 g/mol. The third-order valence-corrected chi connectivity index (χ3v) is 1.69. The van der Waals surface area contributed by atoms with Gasteiger partial charge in [0.1, 0.15) is 5.75 Å². The molecule has 0 amide bonds. The van der Waals surface area contributed by atoms with Gasteiger partial charge in [-0.3, -0.25) is 4.79 Å². The quantitative estimate of drug-likeness (QED) is 0.692. The summed E-state index contributed by atoms with van der Waals surface area (Å²) < 4.78 is 0. The lowest BCUT2D eigenvalue weighted by molar-refractivity contribution is 0.107. The number of phenolic OH excluding ortho intramolecular Hbond substituents is 1. The van der Waals surface area contributed by atoms with Crippen LogP contribution in [0.1, 0.15) is 10.4 Å². The molecule has 1 N–H and O–H groups in total. The molecule has 0 saturated carbocycles. The fourth-order valence-electron chi connectivity index (χ4n) is 0.707. The highest BCUT2D eigenvalue weighted by Gasteiger charge is 2.11. The first-order valence-electron chi connectivity index (χ1n) is 2.80. The maximum absolute atomic E-state index is 10.6. The molecule has 0 unspecified atom stereocenters. The highest BCUT2D eigenvalue weighted by molar-refractivity contribution is 6.69. The zero-order chi connectivity index (χ0) is 8.43. The molecular weight excluding hydrogens is 187 g/mol. The summed E-state index contributed by atoms with van der Waals surface area (Å²) in [5, 5.41) is 8.47. The molecule has 0 radical (unpaired) electrons. The Kier molecular flexibility index (Phi) is 2.37. The summed E-state index contributed by atoms with van der Waals surface area (Å²) in [6, 6.07) is 4.36. The van der Waals surface area contributed by atoms with Crippen LogP contribution in [0.3, 0.4) is 0 Å². The molecule has 0 bridgehead atoms. The Morgan fingerprint density at radius 3 is 2.45 bits per heavy atom. The van der Waals surface area contributed by atoms with Gasteiger partial charge in [-0.05, 0) is 23.7 Å². The van der Waals surface area contributed by atoms with Crippen LogP contribution in [-0.2, 0) is 0 Å². The predicted octanol–water partition coefficient (Wildman–Crippen LogP) is 2.42. The second kappa shape index (κ2) is 3.11. The van der Waals surface area contributed by atoms with Crippen molar-refractivity contribution in [1.29, 1.82) is 0 Å². The van der Waals surface area contributed by atoms with Crippen molar-refractivity contribution in [3.8, 4) is 5.75 Å². The van der Waals surface area contributed by atoms with Gasteiger partial charge in [0, 0.05) is 0 Å². The first-order valence-corrected chi connectivity index (χ1v) is 3.56. The smallest absolute Gasteiger partial charge is 0.257 e. The normalized spacial score (nSPS) is 9.64. The first-order chi connectivity index (χ1) is 5.13. The van der Waals surface area contributed by atoms with Gasteiger partial charge < -0.3 is 5.11 Å². The van der Waals surface area contributed by atoms with Gasteiger partial charge in [-0.25, -0.2) is 0 Å². The molecule has 11 heavy (non-hydrogen) atoms. The zero-order valence-corrected chi connectivity index (χ0v) is 6.86. The molecule has 0 aliphatic heterocycles. The van der Waals surface area contributed by atoms with E-state index in [4.69, 9.17) is 28.3 Å². The van der Waals surface area contributed by atoms with Gasteiger partial charge in [-0.1, -0.05) is 17.7 Å². The van der Waals surface area contributed by atoms with Gasteiger partial charge in [0.2, 0.25) is 0 Å². The van der Waals surface area contributed by atoms with Gasteiger partial charge in [-0.2, -0.15) is 0 Å².